The Labute approximate surface area is 132 Å². The molecule has 0 spiro atoms. The molecule has 3 nitrogen and oxygen atoms in total. The fraction of sp³-hybridized carbons (Fsp3) is 0.294. The third-order valence-electron chi connectivity index (χ3n) is 2.87. The number of ether oxygens (including phenoxy) is 2. The fourth-order valence-corrected chi connectivity index (χ4v) is 1.79. The quantitative estimate of drug-likeness (QED) is 0.755. The molecule has 0 fully saturated rings. The smallest absolute Gasteiger partial charge is 0.120 e. The summed E-state index contributed by atoms with van der Waals surface area (Å²) in [4.78, 5) is 0. The molecular formula is C17H22ClNO2. The summed E-state index contributed by atoms with van der Waals surface area (Å²) in [7, 11) is 0. The molecule has 21 heavy (non-hydrogen) atoms. The van der Waals surface area contributed by atoms with E-state index in [2.05, 4.69) is 24.4 Å². The van der Waals surface area contributed by atoms with Crippen LogP contribution < -0.4 is 14.8 Å². The first-order chi connectivity index (χ1) is 9.88. The van der Waals surface area contributed by atoms with E-state index in [1.807, 2.05) is 42.5 Å². The molecule has 0 heterocycles. The Morgan fingerprint density at radius 2 is 1.48 bits per heavy atom. The molecule has 0 radical (unpaired) electrons. The number of nitrogens with one attached hydrogen (secondary N) is 1. The third kappa shape index (κ3) is 6.52. The molecule has 0 amide bonds. The maximum absolute atomic E-state index is 5.72. The van der Waals surface area contributed by atoms with Gasteiger partial charge in [-0.2, -0.15) is 0 Å². The van der Waals surface area contributed by atoms with E-state index in [1.165, 1.54) is 5.56 Å². The van der Waals surface area contributed by atoms with Gasteiger partial charge < -0.3 is 14.8 Å². The highest BCUT2D eigenvalue weighted by Gasteiger charge is 1.97. The Morgan fingerprint density at radius 3 is 2.10 bits per heavy atom. The number of halogens is 1. The normalized spacial score (nSPS) is 9.76. The van der Waals surface area contributed by atoms with Crippen molar-refractivity contribution in [2.45, 2.75) is 13.5 Å². The van der Waals surface area contributed by atoms with Gasteiger partial charge >= 0.3 is 0 Å². The number of rotatable bonds is 8. The average molecular weight is 308 g/mol. The number of hydrogen-bond acceptors (Lipinski definition) is 3. The predicted molar refractivity (Wildman–Crippen MR) is 88.5 cm³/mol. The van der Waals surface area contributed by atoms with Crippen LogP contribution in [0.25, 0.3) is 0 Å². The SMILES string of the molecule is CCNCCOc1ccc(OCc2ccccc2)cc1.Cl. The fourth-order valence-electron chi connectivity index (χ4n) is 1.79. The van der Waals surface area contributed by atoms with Crippen LogP contribution >= 0.6 is 12.4 Å². The summed E-state index contributed by atoms with van der Waals surface area (Å²) in [5.74, 6) is 1.72. The van der Waals surface area contributed by atoms with Gasteiger partial charge in [-0.05, 0) is 36.4 Å². The summed E-state index contributed by atoms with van der Waals surface area (Å²) in [6, 6.07) is 17.9. The minimum absolute atomic E-state index is 0. The van der Waals surface area contributed by atoms with Crippen LogP contribution in [0.2, 0.25) is 0 Å². The summed E-state index contributed by atoms with van der Waals surface area (Å²) in [5.41, 5.74) is 1.17. The molecule has 114 valence electrons. The molecule has 0 aliphatic heterocycles. The lowest BCUT2D eigenvalue weighted by Crippen LogP contribution is -2.20. The van der Waals surface area contributed by atoms with E-state index >= 15 is 0 Å². The van der Waals surface area contributed by atoms with E-state index < -0.39 is 0 Å². The van der Waals surface area contributed by atoms with Gasteiger partial charge in [0.1, 0.15) is 24.7 Å². The number of hydrogen-bond donors (Lipinski definition) is 1. The monoisotopic (exact) mass is 307 g/mol. The number of benzene rings is 2. The molecular weight excluding hydrogens is 286 g/mol. The van der Waals surface area contributed by atoms with Gasteiger partial charge in [0.15, 0.2) is 0 Å². The van der Waals surface area contributed by atoms with Crippen molar-refractivity contribution in [1.29, 1.82) is 0 Å². The van der Waals surface area contributed by atoms with Crippen molar-refractivity contribution in [3.63, 3.8) is 0 Å². The molecule has 2 rings (SSSR count). The lowest BCUT2D eigenvalue weighted by Gasteiger charge is -2.09. The highest BCUT2D eigenvalue weighted by atomic mass is 35.5. The molecule has 0 aromatic heterocycles. The molecule has 0 bridgehead atoms. The second kappa shape index (κ2) is 10.1. The van der Waals surface area contributed by atoms with Gasteiger partial charge in [-0.15, -0.1) is 12.4 Å². The van der Waals surface area contributed by atoms with Crippen LogP contribution in [0, 0.1) is 0 Å². The zero-order chi connectivity index (χ0) is 14.0. The van der Waals surface area contributed by atoms with E-state index in [0.29, 0.717) is 13.2 Å². The van der Waals surface area contributed by atoms with Crippen molar-refractivity contribution in [3.05, 3.63) is 60.2 Å². The van der Waals surface area contributed by atoms with Gasteiger partial charge in [-0.25, -0.2) is 0 Å². The second-order valence-electron chi connectivity index (χ2n) is 4.45. The maximum atomic E-state index is 5.72. The minimum Gasteiger partial charge on any atom is -0.492 e. The van der Waals surface area contributed by atoms with Gasteiger partial charge in [-0.1, -0.05) is 37.3 Å². The first kappa shape index (κ1) is 17.3. The van der Waals surface area contributed by atoms with Crippen LogP contribution in [-0.4, -0.2) is 19.7 Å². The molecule has 2 aromatic carbocycles. The summed E-state index contributed by atoms with van der Waals surface area (Å²) in [6.45, 7) is 5.18. The van der Waals surface area contributed by atoms with E-state index in [9.17, 15) is 0 Å². The van der Waals surface area contributed by atoms with E-state index in [-0.39, 0.29) is 12.4 Å². The van der Waals surface area contributed by atoms with Crippen LogP contribution in [0.15, 0.2) is 54.6 Å². The van der Waals surface area contributed by atoms with Gasteiger partial charge in [0.05, 0.1) is 0 Å². The largest absolute Gasteiger partial charge is 0.492 e. The van der Waals surface area contributed by atoms with Crippen LogP contribution in [0.4, 0.5) is 0 Å². The Hall–Kier alpha value is -1.71. The third-order valence-corrected chi connectivity index (χ3v) is 2.87. The van der Waals surface area contributed by atoms with Crippen molar-refractivity contribution in [2.75, 3.05) is 19.7 Å². The highest BCUT2D eigenvalue weighted by molar-refractivity contribution is 5.85. The Kier molecular flexibility index (Phi) is 8.32. The summed E-state index contributed by atoms with van der Waals surface area (Å²) in [5, 5.41) is 3.22. The molecule has 0 unspecified atom stereocenters. The van der Waals surface area contributed by atoms with E-state index in [0.717, 1.165) is 24.6 Å². The lowest BCUT2D eigenvalue weighted by atomic mass is 10.2. The van der Waals surface area contributed by atoms with Gasteiger partial charge in [0.2, 0.25) is 0 Å². The Balaban J connectivity index is 0.00000220. The summed E-state index contributed by atoms with van der Waals surface area (Å²) >= 11 is 0. The molecule has 0 atom stereocenters. The van der Waals surface area contributed by atoms with Crippen LogP contribution in [0.1, 0.15) is 12.5 Å². The standard InChI is InChI=1S/C17H21NO2.ClH/c1-2-18-12-13-19-16-8-10-17(11-9-16)20-14-15-6-4-3-5-7-15;/h3-11,18H,2,12-14H2,1H3;1H. The van der Waals surface area contributed by atoms with Crippen molar-refractivity contribution < 1.29 is 9.47 Å². The average Bonchev–Trinajstić information content (AvgIpc) is 2.52. The van der Waals surface area contributed by atoms with Crippen LogP contribution in [0.3, 0.4) is 0 Å². The lowest BCUT2D eigenvalue weighted by molar-refractivity contribution is 0.301. The zero-order valence-electron chi connectivity index (χ0n) is 12.2. The van der Waals surface area contributed by atoms with E-state index in [4.69, 9.17) is 9.47 Å². The van der Waals surface area contributed by atoms with E-state index in [1.54, 1.807) is 0 Å². The number of likely N-dealkylation sites (N-methyl/N-ethyl adjacent to an activating group) is 1. The zero-order valence-corrected chi connectivity index (χ0v) is 13.1. The summed E-state index contributed by atoms with van der Waals surface area (Å²) in [6.07, 6.45) is 0. The van der Waals surface area contributed by atoms with Crippen LogP contribution in [-0.2, 0) is 6.61 Å². The Bertz CT molecular complexity index is 488. The van der Waals surface area contributed by atoms with Crippen LogP contribution in [0.5, 0.6) is 11.5 Å². The molecule has 4 heteroatoms. The minimum atomic E-state index is 0. The van der Waals surface area contributed by atoms with Crippen molar-refractivity contribution >= 4 is 12.4 Å². The van der Waals surface area contributed by atoms with Gasteiger partial charge in [0.25, 0.3) is 0 Å². The van der Waals surface area contributed by atoms with Crippen molar-refractivity contribution in [2.24, 2.45) is 0 Å². The molecule has 2 aromatic rings. The second-order valence-corrected chi connectivity index (χ2v) is 4.45. The molecule has 0 aliphatic carbocycles. The molecule has 0 aliphatic rings. The first-order valence-corrected chi connectivity index (χ1v) is 6.99. The maximum Gasteiger partial charge on any atom is 0.120 e. The Morgan fingerprint density at radius 1 is 0.857 bits per heavy atom. The van der Waals surface area contributed by atoms with Gasteiger partial charge in [-0.3, -0.25) is 0 Å². The van der Waals surface area contributed by atoms with Crippen molar-refractivity contribution in [1.82, 2.24) is 5.32 Å². The highest BCUT2D eigenvalue weighted by Crippen LogP contribution is 2.18. The summed E-state index contributed by atoms with van der Waals surface area (Å²) < 4.78 is 11.3. The van der Waals surface area contributed by atoms with Gasteiger partial charge in [0, 0.05) is 6.54 Å². The topological polar surface area (TPSA) is 30.5 Å². The molecule has 1 N–H and O–H groups in total. The predicted octanol–water partition coefficient (Wildman–Crippen LogP) is 3.68. The molecule has 0 saturated carbocycles. The molecule has 0 saturated heterocycles. The first-order valence-electron chi connectivity index (χ1n) is 6.99. The van der Waals surface area contributed by atoms with Crippen molar-refractivity contribution in [3.8, 4) is 11.5 Å².